The number of nitrogens with zero attached hydrogens (tertiary/aromatic N) is 5. The minimum Gasteiger partial charge on any atom is -0.481 e. The summed E-state index contributed by atoms with van der Waals surface area (Å²) in [6.45, 7) is 4.78. The number of carbonyl (C=O) groups is 2. The van der Waals surface area contributed by atoms with Crippen LogP contribution in [0.1, 0.15) is 47.2 Å². The van der Waals surface area contributed by atoms with E-state index >= 15 is 0 Å². The number of hydrogen-bond donors (Lipinski definition) is 3. The summed E-state index contributed by atoms with van der Waals surface area (Å²) >= 11 is 0. The zero-order chi connectivity index (χ0) is 26.7. The number of fused-ring (bicyclic) bond motifs is 1. The van der Waals surface area contributed by atoms with Gasteiger partial charge in [-0.3, -0.25) is 9.89 Å². The molecule has 0 saturated heterocycles. The smallest absolute Gasteiger partial charge is 0.320 e. The molecule has 1 aromatic carbocycles. The molecule has 3 heterocycles. The SMILES string of the molecule is COc1cc(C(=O)Nc2n[nH]c3c2CN(C(=O)N[C@H](CN(C)C)c2ccccc2)C3(C)C)nc(OC)n1. The molecule has 0 bridgehead atoms. The zero-order valence-electron chi connectivity index (χ0n) is 21.8. The Hall–Kier alpha value is -4.19. The Kier molecular flexibility index (Phi) is 7.30. The standard InChI is InChI=1S/C25H32N8O4/c1-25(2)20-16(13-33(25)24(35)27-18(14-32(3)4)15-10-8-7-9-11-15)21(31-30-20)29-22(34)17-12-19(36-5)28-23(26-17)37-6/h7-12,18H,13-14H2,1-6H3,(H,27,35)(H2,29,30,31,34)/t18-/m1/s1. The third kappa shape index (κ3) is 5.33. The van der Waals surface area contributed by atoms with Gasteiger partial charge in [-0.1, -0.05) is 30.3 Å². The van der Waals surface area contributed by atoms with Crippen LogP contribution >= 0.6 is 0 Å². The normalized spacial score (nSPS) is 14.7. The van der Waals surface area contributed by atoms with Gasteiger partial charge in [-0.05, 0) is 33.5 Å². The number of benzene rings is 1. The highest BCUT2D eigenvalue weighted by atomic mass is 16.5. The number of H-pyrrole nitrogens is 1. The van der Waals surface area contributed by atoms with Crippen molar-refractivity contribution in [3.63, 3.8) is 0 Å². The molecule has 0 unspecified atom stereocenters. The summed E-state index contributed by atoms with van der Waals surface area (Å²) in [4.78, 5) is 38.3. The molecule has 12 heteroatoms. The summed E-state index contributed by atoms with van der Waals surface area (Å²) in [5, 5.41) is 13.3. The molecule has 37 heavy (non-hydrogen) atoms. The van der Waals surface area contributed by atoms with E-state index in [0.717, 1.165) is 16.8 Å². The van der Waals surface area contributed by atoms with Crippen molar-refractivity contribution in [1.82, 2.24) is 35.3 Å². The van der Waals surface area contributed by atoms with Crippen LogP contribution in [-0.2, 0) is 12.1 Å². The van der Waals surface area contributed by atoms with Crippen molar-refractivity contribution in [3.05, 3.63) is 58.9 Å². The average Bonchev–Trinajstić information content (AvgIpc) is 3.41. The molecule has 3 amide bonds. The number of ether oxygens (including phenoxy) is 2. The van der Waals surface area contributed by atoms with Gasteiger partial charge in [0.15, 0.2) is 5.82 Å². The first-order valence-electron chi connectivity index (χ1n) is 11.8. The average molecular weight is 509 g/mol. The molecule has 3 N–H and O–H groups in total. The van der Waals surface area contributed by atoms with Gasteiger partial charge >= 0.3 is 12.0 Å². The van der Waals surface area contributed by atoms with Crippen LogP contribution in [-0.4, -0.2) is 76.8 Å². The molecular weight excluding hydrogens is 476 g/mol. The van der Waals surface area contributed by atoms with Gasteiger partial charge in [0.1, 0.15) is 5.69 Å². The van der Waals surface area contributed by atoms with E-state index in [-0.39, 0.29) is 36.2 Å². The quantitative estimate of drug-likeness (QED) is 0.422. The van der Waals surface area contributed by atoms with Crippen LogP contribution in [0.25, 0.3) is 0 Å². The maximum atomic E-state index is 13.5. The number of methoxy groups -OCH3 is 2. The molecule has 1 aliphatic rings. The number of amides is 3. The first-order valence-corrected chi connectivity index (χ1v) is 11.8. The van der Waals surface area contributed by atoms with E-state index < -0.39 is 11.4 Å². The second-order valence-corrected chi connectivity index (χ2v) is 9.48. The molecule has 0 spiro atoms. The van der Waals surface area contributed by atoms with Crippen molar-refractivity contribution >= 4 is 17.8 Å². The number of hydrogen-bond acceptors (Lipinski definition) is 8. The van der Waals surface area contributed by atoms with Gasteiger partial charge in [-0.2, -0.15) is 15.1 Å². The predicted molar refractivity (Wildman–Crippen MR) is 137 cm³/mol. The van der Waals surface area contributed by atoms with Gasteiger partial charge in [0.2, 0.25) is 5.88 Å². The number of likely N-dealkylation sites (N-methyl/N-ethyl adjacent to an activating group) is 1. The fraction of sp³-hybridized carbons (Fsp3) is 0.400. The van der Waals surface area contributed by atoms with Crippen molar-refractivity contribution in [2.24, 2.45) is 0 Å². The molecule has 12 nitrogen and oxygen atoms in total. The monoisotopic (exact) mass is 508 g/mol. The van der Waals surface area contributed by atoms with Crippen LogP contribution in [0.2, 0.25) is 0 Å². The lowest BCUT2D eigenvalue weighted by Gasteiger charge is -2.34. The van der Waals surface area contributed by atoms with Crippen LogP contribution in [0.15, 0.2) is 36.4 Å². The van der Waals surface area contributed by atoms with Crippen molar-refractivity contribution in [1.29, 1.82) is 0 Å². The Balaban J connectivity index is 1.53. The topological polar surface area (TPSA) is 138 Å². The van der Waals surface area contributed by atoms with Crippen LogP contribution in [0.4, 0.5) is 10.6 Å². The van der Waals surface area contributed by atoms with E-state index in [2.05, 4.69) is 30.8 Å². The van der Waals surface area contributed by atoms with Crippen molar-refractivity contribution in [2.45, 2.75) is 32.0 Å². The number of anilines is 1. The maximum absolute atomic E-state index is 13.5. The Morgan fingerprint density at radius 2 is 1.89 bits per heavy atom. The van der Waals surface area contributed by atoms with Crippen LogP contribution in [0.3, 0.4) is 0 Å². The molecule has 2 aromatic heterocycles. The lowest BCUT2D eigenvalue weighted by molar-refractivity contribution is 0.102. The highest BCUT2D eigenvalue weighted by molar-refractivity contribution is 6.03. The van der Waals surface area contributed by atoms with E-state index in [1.165, 1.54) is 20.3 Å². The predicted octanol–water partition coefficient (Wildman–Crippen LogP) is 2.53. The number of rotatable bonds is 8. The van der Waals surface area contributed by atoms with E-state index in [4.69, 9.17) is 9.47 Å². The largest absolute Gasteiger partial charge is 0.481 e. The number of nitrogens with one attached hydrogen (secondary N) is 3. The third-order valence-corrected chi connectivity index (χ3v) is 6.30. The summed E-state index contributed by atoms with van der Waals surface area (Å²) in [7, 11) is 6.78. The fourth-order valence-corrected chi connectivity index (χ4v) is 4.34. The molecule has 0 fully saturated rings. The van der Waals surface area contributed by atoms with Gasteiger partial charge < -0.3 is 29.9 Å². The van der Waals surface area contributed by atoms with E-state index in [9.17, 15) is 9.59 Å². The van der Waals surface area contributed by atoms with Crippen LogP contribution in [0, 0.1) is 0 Å². The second-order valence-electron chi connectivity index (χ2n) is 9.48. The van der Waals surface area contributed by atoms with E-state index in [0.29, 0.717) is 12.4 Å². The number of urea groups is 1. The highest BCUT2D eigenvalue weighted by Crippen LogP contribution is 2.40. The van der Waals surface area contributed by atoms with Crippen LogP contribution in [0.5, 0.6) is 11.9 Å². The van der Waals surface area contributed by atoms with Gasteiger partial charge in [-0.25, -0.2) is 4.79 Å². The summed E-state index contributed by atoms with van der Waals surface area (Å²) in [5.74, 6) is 0.0101. The first-order chi connectivity index (χ1) is 17.6. The van der Waals surface area contributed by atoms with Crippen molar-refractivity contribution in [3.8, 4) is 11.9 Å². The lowest BCUT2D eigenvalue weighted by Crippen LogP contribution is -2.48. The van der Waals surface area contributed by atoms with E-state index in [1.807, 2.05) is 63.2 Å². The Morgan fingerprint density at radius 3 is 2.54 bits per heavy atom. The third-order valence-electron chi connectivity index (χ3n) is 6.30. The molecule has 196 valence electrons. The summed E-state index contributed by atoms with van der Waals surface area (Å²) in [6, 6.07) is 10.9. The molecule has 0 saturated carbocycles. The molecule has 3 aromatic rings. The molecule has 0 radical (unpaired) electrons. The summed E-state index contributed by atoms with van der Waals surface area (Å²) < 4.78 is 10.2. The van der Waals surface area contributed by atoms with Crippen LogP contribution < -0.4 is 20.1 Å². The number of aromatic nitrogens is 4. The summed E-state index contributed by atoms with van der Waals surface area (Å²) in [6.07, 6.45) is 0. The van der Waals surface area contributed by atoms with Crippen molar-refractivity contribution in [2.75, 3.05) is 40.2 Å². The Morgan fingerprint density at radius 1 is 1.16 bits per heavy atom. The first kappa shape index (κ1) is 25.9. The number of carbonyl (C=O) groups excluding carboxylic acids is 2. The van der Waals surface area contributed by atoms with Gasteiger partial charge in [0.25, 0.3) is 5.91 Å². The van der Waals surface area contributed by atoms with Crippen molar-refractivity contribution < 1.29 is 19.1 Å². The maximum Gasteiger partial charge on any atom is 0.320 e. The minimum atomic E-state index is -0.684. The lowest BCUT2D eigenvalue weighted by atomic mass is 10.0. The fourth-order valence-electron chi connectivity index (χ4n) is 4.34. The Labute approximate surface area is 215 Å². The summed E-state index contributed by atoms with van der Waals surface area (Å²) in [5.41, 5.74) is 1.87. The molecule has 1 atom stereocenters. The van der Waals surface area contributed by atoms with Gasteiger partial charge in [-0.15, -0.1) is 0 Å². The molecule has 4 rings (SSSR count). The highest BCUT2D eigenvalue weighted by Gasteiger charge is 2.44. The molecule has 1 aliphatic heterocycles. The molecular formula is C25H32N8O4. The minimum absolute atomic E-state index is 0.00595. The number of aromatic amines is 1. The van der Waals surface area contributed by atoms with E-state index in [1.54, 1.807) is 4.90 Å². The van der Waals surface area contributed by atoms with Gasteiger partial charge in [0, 0.05) is 18.2 Å². The Bertz CT molecular complexity index is 1250. The van der Waals surface area contributed by atoms with Gasteiger partial charge in [0.05, 0.1) is 38.0 Å². The molecule has 0 aliphatic carbocycles. The zero-order valence-corrected chi connectivity index (χ0v) is 21.8. The second kappa shape index (κ2) is 10.4.